The molecule has 0 bridgehead atoms. The molecule has 0 saturated heterocycles. The smallest absolute Gasteiger partial charge is 0.492 e. The van der Waals surface area contributed by atoms with Gasteiger partial charge in [0.05, 0.1) is 4.90 Å². The van der Waals surface area contributed by atoms with Crippen LogP contribution in [-0.4, -0.2) is 62.4 Å². The van der Waals surface area contributed by atoms with Gasteiger partial charge in [-0.05, 0) is 47.5 Å². The minimum Gasteiger partial charge on any atom is -0.492 e. The Hall–Kier alpha value is -3.12. The Morgan fingerprint density at radius 2 is 1.72 bits per heavy atom. The third-order valence-electron chi connectivity index (χ3n) is 5.84. The summed E-state index contributed by atoms with van der Waals surface area (Å²) in [5.74, 6) is 0.154. The van der Waals surface area contributed by atoms with Gasteiger partial charge >= 0.3 is 6.36 Å². The standard InChI is InChI=1S/C25H25F3N2O5S/c1-29(36(32,33)21-5-3-2-4-6-21)13-14-30-15-16-34-23-12-9-19(17-22(23)24(30)31)18-7-10-20(11-8-18)35-25(26,27)28/h2-12,17,24,31H,13-16H2,1H3. The van der Waals surface area contributed by atoms with Crippen LogP contribution in [0.25, 0.3) is 11.1 Å². The van der Waals surface area contributed by atoms with Crippen LogP contribution in [0.4, 0.5) is 13.2 Å². The number of hydrogen-bond donors (Lipinski definition) is 1. The SMILES string of the molecule is CN(CCN1CCOc2ccc(-c3ccc(OC(F)(F)F)cc3)cc2C1O)S(=O)(=O)c1ccccc1. The second-order valence-corrected chi connectivity index (χ2v) is 10.3. The fourth-order valence-electron chi connectivity index (χ4n) is 3.90. The number of sulfonamides is 1. The van der Waals surface area contributed by atoms with Gasteiger partial charge < -0.3 is 14.6 Å². The van der Waals surface area contributed by atoms with E-state index in [0.29, 0.717) is 35.6 Å². The van der Waals surface area contributed by atoms with E-state index in [0.717, 1.165) is 0 Å². The molecule has 1 unspecified atom stereocenters. The van der Waals surface area contributed by atoms with Crippen LogP contribution in [-0.2, 0) is 10.0 Å². The van der Waals surface area contributed by atoms with Crippen molar-refractivity contribution >= 4 is 10.0 Å². The first-order valence-electron chi connectivity index (χ1n) is 11.1. The molecule has 0 amide bonds. The zero-order valence-electron chi connectivity index (χ0n) is 19.4. The van der Waals surface area contributed by atoms with E-state index in [4.69, 9.17) is 4.74 Å². The van der Waals surface area contributed by atoms with E-state index in [2.05, 4.69) is 4.74 Å². The zero-order chi connectivity index (χ0) is 25.9. The molecule has 3 aromatic carbocycles. The average molecular weight is 523 g/mol. The van der Waals surface area contributed by atoms with Gasteiger partial charge in [-0.3, -0.25) is 4.90 Å². The number of fused-ring (bicyclic) bond motifs is 1. The molecule has 0 radical (unpaired) electrons. The molecule has 0 aliphatic carbocycles. The van der Waals surface area contributed by atoms with Crippen LogP contribution in [0.5, 0.6) is 11.5 Å². The largest absolute Gasteiger partial charge is 0.573 e. The van der Waals surface area contributed by atoms with E-state index in [-0.39, 0.29) is 23.7 Å². The van der Waals surface area contributed by atoms with Crippen molar-refractivity contribution in [3.8, 4) is 22.6 Å². The number of likely N-dealkylation sites (N-methyl/N-ethyl adjacent to an activating group) is 1. The summed E-state index contributed by atoms with van der Waals surface area (Å²) >= 11 is 0. The predicted molar refractivity (Wildman–Crippen MR) is 127 cm³/mol. The number of rotatable bonds is 7. The molecule has 3 aromatic rings. The fourth-order valence-corrected chi connectivity index (χ4v) is 5.08. The summed E-state index contributed by atoms with van der Waals surface area (Å²) in [6.45, 7) is 1.06. The molecule has 11 heteroatoms. The van der Waals surface area contributed by atoms with Gasteiger partial charge in [0.25, 0.3) is 0 Å². The highest BCUT2D eigenvalue weighted by molar-refractivity contribution is 7.89. The van der Waals surface area contributed by atoms with Crippen LogP contribution >= 0.6 is 0 Å². The van der Waals surface area contributed by atoms with Crippen molar-refractivity contribution in [1.29, 1.82) is 0 Å². The van der Waals surface area contributed by atoms with E-state index in [1.54, 1.807) is 41.3 Å². The highest BCUT2D eigenvalue weighted by Gasteiger charge is 2.31. The topological polar surface area (TPSA) is 79.3 Å². The number of halogens is 3. The molecule has 1 N–H and O–H groups in total. The van der Waals surface area contributed by atoms with Crippen molar-refractivity contribution < 1.29 is 36.2 Å². The highest BCUT2D eigenvalue weighted by Crippen LogP contribution is 2.35. The summed E-state index contributed by atoms with van der Waals surface area (Å²) in [6.07, 6.45) is -5.84. The van der Waals surface area contributed by atoms with E-state index < -0.39 is 22.6 Å². The number of aliphatic hydroxyl groups excluding tert-OH is 1. The fraction of sp³-hybridized carbons (Fsp3) is 0.280. The van der Waals surface area contributed by atoms with Gasteiger partial charge in [0, 0.05) is 32.2 Å². The van der Waals surface area contributed by atoms with E-state index in [1.165, 1.54) is 47.8 Å². The van der Waals surface area contributed by atoms with Crippen molar-refractivity contribution in [3.63, 3.8) is 0 Å². The second-order valence-electron chi connectivity index (χ2n) is 8.22. The van der Waals surface area contributed by atoms with Gasteiger partial charge in [0.15, 0.2) is 0 Å². The first-order chi connectivity index (χ1) is 17.0. The molecule has 0 fully saturated rings. The van der Waals surface area contributed by atoms with Crippen LogP contribution in [0.2, 0.25) is 0 Å². The van der Waals surface area contributed by atoms with Crippen LogP contribution < -0.4 is 9.47 Å². The maximum absolute atomic E-state index is 12.8. The zero-order valence-corrected chi connectivity index (χ0v) is 20.2. The summed E-state index contributed by atoms with van der Waals surface area (Å²) < 4.78 is 73.8. The summed E-state index contributed by atoms with van der Waals surface area (Å²) in [7, 11) is -2.18. The van der Waals surface area contributed by atoms with Crippen molar-refractivity contribution in [3.05, 3.63) is 78.4 Å². The first-order valence-corrected chi connectivity index (χ1v) is 12.5. The number of hydrogen-bond acceptors (Lipinski definition) is 6. The minimum absolute atomic E-state index is 0.143. The number of benzene rings is 3. The third kappa shape index (κ3) is 5.98. The molecule has 1 heterocycles. The summed E-state index contributed by atoms with van der Waals surface area (Å²) in [5, 5.41) is 11.1. The first kappa shape index (κ1) is 26.0. The molecule has 0 saturated carbocycles. The Morgan fingerprint density at radius 1 is 1.06 bits per heavy atom. The van der Waals surface area contributed by atoms with Crippen molar-refractivity contribution in [1.82, 2.24) is 9.21 Å². The van der Waals surface area contributed by atoms with Crippen LogP contribution in [0, 0.1) is 0 Å². The molecule has 1 aliphatic heterocycles. The number of ether oxygens (including phenoxy) is 2. The number of alkyl halides is 3. The van der Waals surface area contributed by atoms with Gasteiger partial charge in [-0.15, -0.1) is 13.2 Å². The Bertz CT molecular complexity index is 1290. The number of nitrogens with zero attached hydrogens (tertiary/aromatic N) is 2. The molecular weight excluding hydrogens is 497 g/mol. The maximum atomic E-state index is 12.8. The van der Waals surface area contributed by atoms with Crippen LogP contribution in [0.1, 0.15) is 11.8 Å². The Morgan fingerprint density at radius 3 is 2.39 bits per heavy atom. The average Bonchev–Trinajstić information content (AvgIpc) is 3.00. The molecule has 0 aromatic heterocycles. The molecule has 7 nitrogen and oxygen atoms in total. The second kappa shape index (κ2) is 10.5. The molecule has 192 valence electrons. The van der Waals surface area contributed by atoms with Gasteiger partial charge in [0.1, 0.15) is 24.3 Å². The molecule has 36 heavy (non-hydrogen) atoms. The summed E-state index contributed by atoms with van der Waals surface area (Å²) in [6, 6.07) is 18.7. The predicted octanol–water partition coefficient (Wildman–Crippen LogP) is 4.26. The maximum Gasteiger partial charge on any atom is 0.573 e. The monoisotopic (exact) mass is 522 g/mol. The van der Waals surface area contributed by atoms with Crippen LogP contribution in [0.15, 0.2) is 77.7 Å². The molecule has 1 atom stereocenters. The lowest BCUT2D eigenvalue weighted by Crippen LogP contribution is -2.39. The lowest BCUT2D eigenvalue weighted by molar-refractivity contribution is -0.274. The Kier molecular flexibility index (Phi) is 7.55. The van der Waals surface area contributed by atoms with Crippen molar-refractivity contribution in [2.24, 2.45) is 0 Å². The van der Waals surface area contributed by atoms with Crippen LogP contribution in [0.3, 0.4) is 0 Å². The summed E-state index contributed by atoms with van der Waals surface area (Å²) in [5.41, 5.74) is 1.78. The lowest BCUT2D eigenvalue weighted by Gasteiger charge is -2.27. The molecule has 4 rings (SSSR count). The third-order valence-corrected chi connectivity index (χ3v) is 7.72. The van der Waals surface area contributed by atoms with Gasteiger partial charge in [-0.25, -0.2) is 8.42 Å². The summed E-state index contributed by atoms with van der Waals surface area (Å²) in [4.78, 5) is 1.90. The van der Waals surface area contributed by atoms with Gasteiger partial charge in [0.2, 0.25) is 10.0 Å². The van der Waals surface area contributed by atoms with Crippen molar-refractivity contribution in [2.45, 2.75) is 17.5 Å². The van der Waals surface area contributed by atoms with E-state index in [1.807, 2.05) is 0 Å². The van der Waals surface area contributed by atoms with Gasteiger partial charge in [-0.2, -0.15) is 4.31 Å². The normalized spacial score (nSPS) is 16.8. The van der Waals surface area contributed by atoms with Crippen molar-refractivity contribution in [2.75, 3.05) is 33.3 Å². The minimum atomic E-state index is -4.77. The molecular formula is C25H25F3N2O5S. The van der Waals surface area contributed by atoms with Gasteiger partial charge in [-0.1, -0.05) is 36.4 Å². The highest BCUT2D eigenvalue weighted by atomic mass is 32.2. The molecule has 0 spiro atoms. The Labute approximate surface area is 207 Å². The number of aliphatic hydroxyl groups is 1. The lowest BCUT2D eigenvalue weighted by atomic mass is 10.0. The molecule has 1 aliphatic rings. The van der Waals surface area contributed by atoms with E-state index in [9.17, 15) is 26.7 Å². The Balaban J connectivity index is 1.49. The van der Waals surface area contributed by atoms with E-state index >= 15 is 0 Å². The quantitative estimate of drug-likeness (QED) is 0.500.